The Labute approximate surface area is 120 Å². The van der Waals surface area contributed by atoms with Crippen LogP contribution in [0.3, 0.4) is 0 Å². The Morgan fingerprint density at radius 2 is 1.95 bits per heavy atom. The van der Waals surface area contributed by atoms with E-state index in [4.69, 9.17) is 9.84 Å². The molecule has 3 heterocycles. The average Bonchev–Trinajstić information content (AvgIpc) is 2.53. The summed E-state index contributed by atoms with van der Waals surface area (Å²) in [7, 11) is 0. The molecule has 2 N–H and O–H groups in total. The zero-order valence-electron chi connectivity index (χ0n) is 11.9. The number of hydrogen-bond acceptors (Lipinski definition) is 4. The second-order valence-corrected chi connectivity index (χ2v) is 5.84. The minimum atomic E-state index is 0.0584. The minimum absolute atomic E-state index is 0.0584. The third-order valence-corrected chi connectivity index (χ3v) is 4.51. The largest absolute Gasteiger partial charge is 0.491 e. The average molecular weight is 276 g/mol. The number of benzene rings is 1. The molecular weight excluding hydrogens is 252 g/mol. The van der Waals surface area contributed by atoms with Crippen LogP contribution in [0.5, 0.6) is 5.75 Å². The van der Waals surface area contributed by atoms with Crippen molar-refractivity contribution in [1.29, 1.82) is 0 Å². The van der Waals surface area contributed by atoms with Gasteiger partial charge >= 0.3 is 0 Å². The SMILES string of the molecule is OCCOc1ccc(CNC2CN3CCC2CC3)cc1. The van der Waals surface area contributed by atoms with Crippen molar-refractivity contribution in [2.45, 2.75) is 25.4 Å². The van der Waals surface area contributed by atoms with Crippen LogP contribution in [0.2, 0.25) is 0 Å². The van der Waals surface area contributed by atoms with Crippen molar-refractivity contribution in [2.24, 2.45) is 5.92 Å². The Hall–Kier alpha value is -1.10. The van der Waals surface area contributed by atoms with Gasteiger partial charge in [0.05, 0.1) is 6.61 Å². The second kappa shape index (κ2) is 6.57. The van der Waals surface area contributed by atoms with E-state index in [9.17, 15) is 0 Å². The van der Waals surface area contributed by atoms with Gasteiger partial charge < -0.3 is 20.1 Å². The quantitative estimate of drug-likeness (QED) is 0.820. The van der Waals surface area contributed by atoms with Gasteiger partial charge in [0.25, 0.3) is 0 Å². The van der Waals surface area contributed by atoms with E-state index in [1.807, 2.05) is 12.1 Å². The van der Waals surface area contributed by atoms with Crippen LogP contribution in [-0.2, 0) is 6.54 Å². The lowest BCUT2D eigenvalue weighted by Gasteiger charge is -2.45. The fraction of sp³-hybridized carbons (Fsp3) is 0.625. The smallest absolute Gasteiger partial charge is 0.119 e. The molecule has 0 aromatic heterocycles. The van der Waals surface area contributed by atoms with E-state index < -0.39 is 0 Å². The lowest BCUT2D eigenvalue weighted by molar-refractivity contribution is 0.0720. The Morgan fingerprint density at radius 1 is 1.20 bits per heavy atom. The first-order chi connectivity index (χ1) is 9.85. The van der Waals surface area contributed by atoms with Crippen molar-refractivity contribution in [3.63, 3.8) is 0 Å². The molecule has 110 valence electrons. The highest BCUT2D eigenvalue weighted by atomic mass is 16.5. The third-order valence-electron chi connectivity index (χ3n) is 4.51. The lowest BCUT2D eigenvalue weighted by atomic mass is 9.84. The maximum absolute atomic E-state index is 8.72. The first-order valence-corrected chi connectivity index (χ1v) is 7.63. The molecule has 4 rings (SSSR count). The van der Waals surface area contributed by atoms with E-state index in [2.05, 4.69) is 22.3 Å². The number of hydrogen-bond donors (Lipinski definition) is 2. The minimum Gasteiger partial charge on any atom is -0.491 e. The van der Waals surface area contributed by atoms with E-state index in [0.29, 0.717) is 12.6 Å². The highest BCUT2D eigenvalue weighted by Gasteiger charge is 2.33. The first-order valence-electron chi connectivity index (χ1n) is 7.63. The molecule has 3 fully saturated rings. The molecule has 3 saturated heterocycles. The topological polar surface area (TPSA) is 44.7 Å². The van der Waals surface area contributed by atoms with E-state index in [1.54, 1.807) is 0 Å². The standard InChI is InChI=1S/C16H24N2O2/c19-9-10-20-15-3-1-13(2-4-15)11-17-16-12-18-7-5-14(16)6-8-18/h1-4,14,16-17,19H,5-12H2. The van der Waals surface area contributed by atoms with Crippen LogP contribution in [0, 0.1) is 5.92 Å². The molecule has 1 atom stereocenters. The number of fused-ring (bicyclic) bond motifs is 3. The number of ether oxygens (including phenoxy) is 1. The number of nitrogens with zero attached hydrogens (tertiary/aromatic N) is 1. The molecule has 1 aromatic carbocycles. The molecule has 1 unspecified atom stereocenters. The maximum atomic E-state index is 8.72. The van der Waals surface area contributed by atoms with Crippen molar-refractivity contribution in [3.05, 3.63) is 29.8 Å². The number of piperidine rings is 3. The van der Waals surface area contributed by atoms with Crippen LogP contribution in [0.1, 0.15) is 18.4 Å². The molecule has 0 aliphatic carbocycles. The van der Waals surface area contributed by atoms with E-state index in [-0.39, 0.29) is 6.61 Å². The van der Waals surface area contributed by atoms with Gasteiger partial charge in [0.15, 0.2) is 0 Å². The fourth-order valence-electron chi connectivity index (χ4n) is 3.31. The lowest BCUT2D eigenvalue weighted by Crippen LogP contribution is -2.55. The molecule has 0 radical (unpaired) electrons. The molecule has 3 aliphatic heterocycles. The van der Waals surface area contributed by atoms with E-state index >= 15 is 0 Å². The van der Waals surface area contributed by atoms with Gasteiger partial charge in [-0.15, -0.1) is 0 Å². The van der Waals surface area contributed by atoms with Crippen molar-refractivity contribution in [1.82, 2.24) is 10.2 Å². The zero-order valence-corrected chi connectivity index (χ0v) is 11.9. The van der Waals surface area contributed by atoms with Crippen LogP contribution in [-0.4, -0.2) is 48.9 Å². The highest BCUT2D eigenvalue weighted by molar-refractivity contribution is 5.27. The molecule has 3 aliphatic rings. The summed E-state index contributed by atoms with van der Waals surface area (Å²) in [6.45, 7) is 5.14. The molecule has 1 aromatic rings. The highest BCUT2D eigenvalue weighted by Crippen LogP contribution is 2.27. The van der Waals surface area contributed by atoms with Crippen molar-refractivity contribution < 1.29 is 9.84 Å². The summed E-state index contributed by atoms with van der Waals surface area (Å²) < 4.78 is 5.37. The Balaban J connectivity index is 1.48. The van der Waals surface area contributed by atoms with E-state index in [0.717, 1.165) is 18.2 Å². The summed E-state index contributed by atoms with van der Waals surface area (Å²) in [6, 6.07) is 8.80. The third kappa shape index (κ3) is 3.32. The Morgan fingerprint density at radius 3 is 2.55 bits per heavy atom. The zero-order chi connectivity index (χ0) is 13.8. The van der Waals surface area contributed by atoms with Gasteiger partial charge in [-0.25, -0.2) is 0 Å². The predicted molar refractivity (Wildman–Crippen MR) is 78.8 cm³/mol. The van der Waals surface area contributed by atoms with E-state index in [1.165, 1.54) is 38.0 Å². The fourth-order valence-corrected chi connectivity index (χ4v) is 3.31. The summed E-state index contributed by atoms with van der Waals surface area (Å²) in [5.74, 6) is 1.69. The summed E-state index contributed by atoms with van der Waals surface area (Å²) in [5, 5.41) is 12.4. The molecule has 0 spiro atoms. The summed E-state index contributed by atoms with van der Waals surface area (Å²) in [6.07, 6.45) is 2.71. The van der Waals surface area contributed by atoms with Crippen LogP contribution in [0.15, 0.2) is 24.3 Å². The van der Waals surface area contributed by atoms with Gasteiger partial charge in [-0.2, -0.15) is 0 Å². The first kappa shape index (κ1) is 13.9. The maximum Gasteiger partial charge on any atom is 0.119 e. The van der Waals surface area contributed by atoms with Crippen molar-refractivity contribution in [3.8, 4) is 5.75 Å². The molecule has 20 heavy (non-hydrogen) atoms. The summed E-state index contributed by atoms with van der Waals surface area (Å²) in [4.78, 5) is 2.57. The van der Waals surface area contributed by atoms with Gasteiger partial charge in [0.1, 0.15) is 12.4 Å². The van der Waals surface area contributed by atoms with Crippen LogP contribution < -0.4 is 10.1 Å². The summed E-state index contributed by atoms with van der Waals surface area (Å²) >= 11 is 0. The number of nitrogens with one attached hydrogen (secondary N) is 1. The summed E-state index contributed by atoms with van der Waals surface area (Å²) in [5.41, 5.74) is 1.29. The number of aliphatic hydroxyl groups is 1. The monoisotopic (exact) mass is 276 g/mol. The Bertz CT molecular complexity index is 413. The molecule has 4 heteroatoms. The normalized spacial score (nSPS) is 28.6. The van der Waals surface area contributed by atoms with Gasteiger partial charge in [-0.3, -0.25) is 0 Å². The molecule has 0 amide bonds. The van der Waals surface area contributed by atoms with Gasteiger partial charge in [0, 0.05) is 19.1 Å². The number of aliphatic hydroxyl groups excluding tert-OH is 1. The molecular formula is C16H24N2O2. The van der Waals surface area contributed by atoms with Crippen LogP contribution >= 0.6 is 0 Å². The van der Waals surface area contributed by atoms with Gasteiger partial charge in [-0.05, 0) is 49.5 Å². The van der Waals surface area contributed by atoms with Gasteiger partial charge in [0.2, 0.25) is 0 Å². The predicted octanol–water partition coefficient (Wildman–Crippen LogP) is 1.24. The second-order valence-electron chi connectivity index (χ2n) is 5.84. The Kier molecular flexibility index (Phi) is 4.55. The van der Waals surface area contributed by atoms with Crippen LogP contribution in [0.4, 0.5) is 0 Å². The van der Waals surface area contributed by atoms with Crippen molar-refractivity contribution in [2.75, 3.05) is 32.8 Å². The number of rotatable bonds is 6. The van der Waals surface area contributed by atoms with Crippen LogP contribution in [0.25, 0.3) is 0 Å². The van der Waals surface area contributed by atoms with Gasteiger partial charge in [-0.1, -0.05) is 12.1 Å². The molecule has 2 bridgehead atoms. The van der Waals surface area contributed by atoms with Crippen molar-refractivity contribution >= 4 is 0 Å². The molecule has 4 nitrogen and oxygen atoms in total. The molecule has 0 saturated carbocycles.